The Morgan fingerprint density at radius 3 is 2.16 bits per heavy atom. The molecule has 5 aromatic rings. The van der Waals surface area contributed by atoms with E-state index in [1.807, 2.05) is 36.4 Å². The summed E-state index contributed by atoms with van der Waals surface area (Å²) in [6.07, 6.45) is 5.41. The van der Waals surface area contributed by atoms with Crippen LogP contribution in [0.4, 0.5) is 0 Å². The minimum Gasteiger partial charge on any atom is -0.497 e. The summed E-state index contributed by atoms with van der Waals surface area (Å²) >= 11 is 0. The van der Waals surface area contributed by atoms with Crippen LogP contribution in [0, 0.1) is 0 Å². The maximum Gasteiger partial charge on any atom is 0.337 e. The minimum absolute atomic E-state index is 0.208. The van der Waals surface area contributed by atoms with Gasteiger partial charge in [0.1, 0.15) is 11.5 Å². The molecule has 214 valence electrons. The molecule has 0 amide bonds. The van der Waals surface area contributed by atoms with Crippen molar-refractivity contribution in [3.8, 4) is 22.6 Å². The van der Waals surface area contributed by atoms with Crippen molar-refractivity contribution < 1.29 is 19.0 Å². The third-order valence-electron chi connectivity index (χ3n) is 9.27. The molecule has 1 heterocycles. The second kappa shape index (κ2) is 9.88. The molecule has 0 fully saturated rings. The van der Waals surface area contributed by atoms with Gasteiger partial charge >= 0.3 is 5.97 Å². The van der Waals surface area contributed by atoms with E-state index >= 15 is 0 Å². The van der Waals surface area contributed by atoms with E-state index in [9.17, 15) is 4.79 Å². The number of fused-ring (bicyclic) bond motifs is 8. The van der Waals surface area contributed by atoms with Gasteiger partial charge in [-0.05, 0) is 70.0 Å². The van der Waals surface area contributed by atoms with Gasteiger partial charge in [-0.15, -0.1) is 0 Å². The summed E-state index contributed by atoms with van der Waals surface area (Å²) < 4.78 is 17.8. The molecule has 7 rings (SSSR count). The molecule has 4 nitrogen and oxygen atoms in total. The van der Waals surface area contributed by atoms with Crippen LogP contribution in [0.15, 0.2) is 97.1 Å². The number of carbonyl (C=O) groups is 1. The summed E-state index contributed by atoms with van der Waals surface area (Å²) in [6, 6.07) is 31.0. The minimum atomic E-state index is -0.935. The molecule has 2 aliphatic rings. The first-order valence-corrected chi connectivity index (χ1v) is 14.8. The van der Waals surface area contributed by atoms with Crippen LogP contribution in [0.2, 0.25) is 0 Å². The first-order valence-electron chi connectivity index (χ1n) is 14.8. The molecule has 0 N–H and O–H groups in total. The zero-order valence-electron chi connectivity index (χ0n) is 25.2. The van der Waals surface area contributed by atoms with Crippen LogP contribution in [0.5, 0.6) is 11.5 Å². The summed E-state index contributed by atoms with van der Waals surface area (Å²) in [4.78, 5) is 12.3. The lowest BCUT2D eigenvalue weighted by atomic mass is 9.76. The van der Waals surface area contributed by atoms with Crippen molar-refractivity contribution in [2.75, 3.05) is 14.2 Å². The van der Waals surface area contributed by atoms with Gasteiger partial charge in [0.05, 0.1) is 19.8 Å². The molecule has 4 heteroatoms. The van der Waals surface area contributed by atoms with Crippen LogP contribution in [0.25, 0.3) is 28.0 Å². The van der Waals surface area contributed by atoms with Crippen LogP contribution in [0.1, 0.15) is 64.5 Å². The highest BCUT2D eigenvalue weighted by atomic mass is 16.5. The smallest absolute Gasteiger partial charge is 0.337 e. The fraction of sp³-hybridized carbons (Fsp3) is 0.205. The number of carbonyl (C=O) groups excluding carboxylic acids is 1. The van der Waals surface area contributed by atoms with Gasteiger partial charge in [-0.25, -0.2) is 4.79 Å². The lowest BCUT2D eigenvalue weighted by Crippen LogP contribution is -2.35. The highest BCUT2D eigenvalue weighted by molar-refractivity contribution is 6.08. The largest absolute Gasteiger partial charge is 0.497 e. The zero-order chi connectivity index (χ0) is 29.9. The van der Waals surface area contributed by atoms with Crippen LogP contribution in [-0.2, 0) is 22.2 Å². The fourth-order valence-corrected chi connectivity index (χ4v) is 6.99. The normalized spacial score (nSPS) is 17.5. The van der Waals surface area contributed by atoms with Gasteiger partial charge in [0, 0.05) is 27.5 Å². The molecule has 43 heavy (non-hydrogen) atoms. The van der Waals surface area contributed by atoms with Crippen molar-refractivity contribution in [3.63, 3.8) is 0 Å². The van der Waals surface area contributed by atoms with E-state index in [1.54, 1.807) is 19.2 Å². The Labute approximate surface area is 252 Å². The first-order chi connectivity index (χ1) is 20.8. The van der Waals surface area contributed by atoms with E-state index in [4.69, 9.17) is 14.2 Å². The Morgan fingerprint density at radius 1 is 0.837 bits per heavy atom. The number of esters is 1. The molecule has 1 aliphatic heterocycles. The lowest BCUT2D eigenvalue weighted by molar-refractivity contribution is 0.0600. The highest BCUT2D eigenvalue weighted by Crippen LogP contribution is 2.58. The highest BCUT2D eigenvalue weighted by Gasteiger charge is 2.44. The average Bonchev–Trinajstić information content (AvgIpc) is 3.30. The number of methoxy groups -OCH3 is 2. The van der Waals surface area contributed by atoms with E-state index < -0.39 is 5.60 Å². The van der Waals surface area contributed by atoms with E-state index in [0.717, 1.165) is 40.0 Å². The number of hydrogen-bond donors (Lipinski definition) is 0. The summed E-state index contributed by atoms with van der Waals surface area (Å²) in [5.74, 6) is 1.26. The van der Waals surface area contributed by atoms with Crippen molar-refractivity contribution in [1.29, 1.82) is 0 Å². The summed E-state index contributed by atoms with van der Waals surface area (Å²) in [7, 11) is 3.06. The topological polar surface area (TPSA) is 44.8 Å². The van der Waals surface area contributed by atoms with E-state index in [1.165, 1.54) is 40.3 Å². The quantitative estimate of drug-likeness (QED) is 0.199. The maximum atomic E-state index is 12.3. The molecular weight excluding hydrogens is 532 g/mol. The SMILES string of the molecule is CCc1ccc2c(c1)C(C)(C)c1c3c(c4ccccc4c1-2)OC(c1ccc(OC)cc1)(c1ccc(C(=O)OC)cc1)C=C3. The lowest BCUT2D eigenvalue weighted by Gasteiger charge is -2.38. The predicted molar refractivity (Wildman–Crippen MR) is 172 cm³/mol. The molecule has 0 bridgehead atoms. The van der Waals surface area contributed by atoms with Gasteiger partial charge in [0.25, 0.3) is 0 Å². The summed E-state index contributed by atoms with van der Waals surface area (Å²) in [6.45, 7) is 6.87. The molecule has 0 radical (unpaired) electrons. The molecule has 5 aromatic carbocycles. The molecule has 0 spiro atoms. The van der Waals surface area contributed by atoms with Gasteiger partial charge in [-0.3, -0.25) is 0 Å². The average molecular weight is 567 g/mol. The van der Waals surface area contributed by atoms with Crippen LogP contribution in [0.3, 0.4) is 0 Å². The maximum absolute atomic E-state index is 12.3. The molecule has 1 unspecified atom stereocenters. The number of ether oxygens (including phenoxy) is 3. The fourth-order valence-electron chi connectivity index (χ4n) is 6.99. The molecule has 0 saturated heterocycles. The standard InChI is InChI=1S/C39H34O4/c1-6-24-11-20-31-33(23-24)38(2,3)35-32-21-22-39(27-16-18-28(41-4)19-17-27,26-14-12-25(13-15-26)37(40)42-5)43-36(32)30-10-8-7-9-29(30)34(31)35/h7-23H,6H2,1-5H3. The van der Waals surface area contributed by atoms with Crippen molar-refractivity contribution >= 4 is 22.8 Å². The molecule has 0 aromatic heterocycles. The number of hydrogen-bond acceptors (Lipinski definition) is 4. The van der Waals surface area contributed by atoms with Gasteiger partial charge in [-0.1, -0.05) is 93.6 Å². The van der Waals surface area contributed by atoms with Crippen molar-refractivity contribution in [2.45, 2.75) is 38.2 Å². The number of rotatable bonds is 5. The van der Waals surface area contributed by atoms with Gasteiger partial charge in [0.15, 0.2) is 5.60 Å². The van der Waals surface area contributed by atoms with Crippen LogP contribution >= 0.6 is 0 Å². The molecule has 0 saturated carbocycles. The summed E-state index contributed by atoms with van der Waals surface area (Å²) in [5.41, 5.74) is 8.93. The van der Waals surface area contributed by atoms with E-state index in [-0.39, 0.29) is 11.4 Å². The second-order valence-corrected chi connectivity index (χ2v) is 11.9. The van der Waals surface area contributed by atoms with E-state index in [0.29, 0.717) is 5.56 Å². The number of benzene rings is 5. The number of aryl methyl sites for hydroxylation is 1. The third-order valence-corrected chi connectivity index (χ3v) is 9.27. The van der Waals surface area contributed by atoms with Crippen molar-refractivity contribution in [1.82, 2.24) is 0 Å². The molecular formula is C39H34O4. The Hall–Kier alpha value is -4.83. The van der Waals surface area contributed by atoms with Crippen LogP contribution < -0.4 is 9.47 Å². The molecule has 1 aliphatic carbocycles. The first kappa shape index (κ1) is 27.0. The Morgan fingerprint density at radius 2 is 1.51 bits per heavy atom. The summed E-state index contributed by atoms with van der Waals surface area (Å²) in [5, 5.41) is 2.26. The van der Waals surface area contributed by atoms with Gasteiger partial charge < -0.3 is 14.2 Å². The van der Waals surface area contributed by atoms with Gasteiger partial charge in [-0.2, -0.15) is 0 Å². The Bertz CT molecular complexity index is 1930. The molecule has 1 atom stereocenters. The zero-order valence-corrected chi connectivity index (χ0v) is 25.2. The second-order valence-electron chi connectivity index (χ2n) is 11.9. The van der Waals surface area contributed by atoms with Gasteiger partial charge in [0.2, 0.25) is 0 Å². The van der Waals surface area contributed by atoms with Crippen LogP contribution in [-0.4, -0.2) is 20.2 Å². The van der Waals surface area contributed by atoms with E-state index in [2.05, 4.69) is 75.4 Å². The Kier molecular flexibility index (Phi) is 6.21. The van der Waals surface area contributed by atoms with Crippen molar-refractivity contribution in [2.24, 2.45) is 0 Å². The monoisotopic (exact) mass is 566 g/mol. The van der Waals surface area contributed by atoms with Crippen molar-refractivity contribution in [3.05, 3.63) is 136 Å². The predicted octanol–water partition coefficient (Wildman–Crippen LogP) is 8.85. The Balaban J connectivity index is 1.49. The third kappa shape index (κ3) is 3.93.